The Bertz CT molecular complexity index is 485. The highest BCUT2D eigenvalue weighted by Crippen LogP contribution is 2.26. The van der Waals surface area contributed by atoms with Crippen LogP contribution in [0.4, 0.5) is 0 Å². The molecule has 0 spiro atoms. The molecule has 5 heteroatoms. The largest absolute Gasteiger partial charge is 0.504 e. The number of nitrogens with one attached hydrogen (secondary N) is 1. The van der Waals surface area contributed by atoms with Crippen LogP contribution in [-0.4, -0.2) is 30.5 Å². The molecule has 1 rings (SSSR count). The zero-order chi connectivity index (χ0) is 15.7. The van der Waals surface area contributed by atoms with E-state index < -0.39 is 11.7 Å². The van der Waals surface area contributed by atoms with Crippen molar-refractivity contribution in [2.75, 3.05) is 13.7 Å². The highest BCUT2D eigenvalue weighted by atomic mass is 16.5. The maximum atomic E-state index is 11.9. The second-order valence-electron chi connectivity index (χ2n) is 4.89. The SMILES string of the molecule is CCCCCCCNC(=O)C(=O)c1ccc(O)c(OC)c1. The van der Waals surface area contributed by atoms with E-state index in [1.54, 1.807) is 0 Å². The summed E-state index contributed by atoms with van der Waals surface area (Å²) in [6, 6.07) is 4.10. The van der Waals surface area contributed by atoms with Crippen LogP contribution in [0.5, 0.6) is 11.5 Å². The summed E-state index contributed by atoms with van der Waals surface area (Å²) < 4.78 is 4.92. The van der Waals surface area contributed by atoms with Crippen molar-refractivity contribution in [1.82, 2.24) is 5.32 Å². The zero-order valence-electron chi connectivity index (χ0n) is 12.6. The zero-order valence-corrected chi connectivity index (χ0v) is 12.6. The van der Waals surface area contributed by atoms with Crippen molar-refractivity contribution in [3.05, 3.63) is 23.8 Å². The maximum absolute atomic E-state index is 11.9. The fraction of sp³-hybridized carbons (Fsp3) is 0.500. The van der Waals surface area contributed by atoms with Gasteiger partial charge in [-0.15, -0.1) is 0 Å². The van der Waals surface area contributed by atoms with Crippen LogP contribution in [0.1, 0.15) is 49.4 Å². The van der Waals surface area contributed by atoms with Gasteiger partial charge in [0.15, 0.2) is 11.5 Å². The van der Waals surface area contributed by atoms with Gasteiger partial charge in [-0.05, 0) is 24.6 Å². The predicted octanol–water partition coefficient (Wildman–Crippen LogP) is 2.67. The number of methoxy groups -OCH3 is 1. The van der Waals surface area contributed by atoms with E-state index in [1.165, 1.54) is 38.2 Å². The summed E-state index contributed by atoms with van der Waals surface area (Å²) in [5.74, 6) is -1.14. The molecule has 0 saturated carbocycles. The molecule has 0 atom stereocenters. The van der Waals surface area contributed by atoms with Crippen molar-refractivity contribution in [1.29, 1.82) is 0 Å². The third kappa shape index (κ3) is 5.45. The van der Waals surface area contributed by atoms with Crippen molar-refractivity contribution in [2.45, 2.75) is 39.0 Å². The number of ketones is 1. The molecule has 0 aromatic heterocycles. The summed E-state index contributed by atoms with van der Waals surface area (Å²) >= 11 is 0. The van der Waals surface area contributed by atoms with Crippen LogP contribution < -0.4 is 10.1 Å². The fourth-order valence-electron chi connectivity index (χ4n) is 1.96. The van der Waals surface area contributed by atoms with Gasteiger partial charge in [0.2, 0.25) is 5.78 Å². The molecule has 1 amide bonds. The molecule has 2 N–H and O–H groups in total. The van der Waals surface area contributed by atoms with E-state index in [2.05, 4.69) is 12.2 Å². The molecule has 0 bridgehead atoms. The topological polar surface area (TPSA) is 75.6 Å². The van der Waals surface area contributed by atoms with Crippen LogP contribution >= 0.6 is 0 Å². The Morgan fingerprint density at radius 1 is 1.19 bits per heavy atom. The smallest absolute Gasteiger partial charge is 0.292 e. The van der Waals surface area contributed by atoms with E-state index in [0.29, 0.717) is 6.54 Å². The molecule has 1 aromatic carbocycles. The van der Waals surface area contributed by atoms with E-state index in [9.17, 15) is 14.7 Å². The van der Waals surface area contributed by atoms with Crippen LogP contribution in [0, 0.1) is 0 Å². The number of carbonyl (C=O) groups excluding carboxylic acids is 2. The molecular formula is C16H23NO4. The summed E-state index contributed by atoms with van der Waals surface area (Å²) in [6.07, 6.45) is 5.44. The lowest BCUT2D eigenvalue weighted by Gasteiger charge is -2.07. The molecule has 21 heavy (non-hydrogen) atoms. The summed E-state index contributed by atoms with van der Waals surface area (Å²) in [5.41, 5.74) is 0.202. The lowest BCUT2D eigenvalue weighted by atomic mass is 10.1. The van der Waals surface area contributed by atoms with Crippen molar-refractivity contribution in [3.63, 3.8) is 0 Å². The van der Waals surface area contributed by atoms with Crippen molar-refractivity contribution in [2.24, 2.45) is 0 Å². The third-order valence-electron chi connectivity index (χ3n) is 3.21. The summed E-state index contributed by atoms with van der Waals surface area (Å²) in [7, 11) is 1.39. The van der Waals surface area contributed by atoms with E-state index in [4.69, 9.17) is 4.74 Å². The van der Waals surface area contributed by atoms with Gasteiger partial charge in [0.25, 0.3) is 5.91 Å². The Labute approximate surface area is 125 Å². The second kappa shape index (κ2) is 9.00. The van der Waals surface area contributed by atoms with Crippen LogP contribution in [0.3, 0.4) is 0 Å². The Morgan fingerprint density at radius 2 is 1.90 bits per heavy atom. The number of phenols is 1. The number of unbranched alkanes of at least 4 members (excludes halogenated alkanes) is 4. The number of aromatic hydroxyl groups is 1. The van der Waals surface area contributed by atoms with Crippen LogP contribution in [0.25, 0.3) is 0 Å². The number of phenolic OH excluding ortho intramolecular Hbond substituents is 1. The molecular weight excluding hydrogens is 270 g/mol. The number of Topliss-reactive ketones (excluding diaryl/α,β-unsaturated/α-hetero) is 1. The quantitative estimate of drug-likeness (QED) is 0.417. The summed E-state index contributed by atoms with van der Waals surface area (Å²) in [5, 5.41) is 12.1. The standard InChI is InChI=1S/C16H23NO4/c1-3-4-5-6-7-10-17-16(20)15(19)12-8-9-13(18)14(11-12)21-2/h8-9,11,18H,3-7,10H2,1-2H3,(H,17,20). The molecule has 0 radical (unpaired) electrons. The van der Waals surface area contributed by atoms with Gasteiger partial charge in [-0.3, -0.25) is 9.59 Å². The Morgan fingerprint density at radius 3 is 2.57 bits per heavy atom. The van der Waals surface area contributed by atoms with E-state index in [-0.39, 0.29) is 17.1 Å². The van der Waals surface area contributed by atoms with Gasteiger partial charge in [0.05, 0.1) is 7.11 Å². The third-order valence-corrected chi connectivity index (χ3v) is 3.21. The second-order valence-corrected chi connectivity index (χ2v) is 4.89. The molecule has 0 unspecified atom stereocenters. The minimum Gasteiger partial charge on any atom is -0.504 e. The Hall–Kier alpha value is -2.04. The molecule has 1 aromatic rings. The molecule has 0 saturated heterocycles. The van der Waals surface area contributed by atoms with Crippen LogP contribution in [0.2, 0.25) is 0 Å². The molecule has 0 aliphatic heterocycles. The van der Waals surface area contributed by atoms with Crippen molar-refractivity contribution < 1.29 is 19.4 Å². The van der Waals surface area contributed by atoms with E-state index >= 15 is 0 Å². The number of amides is 1. The fourth-order valence-corrected chi connectivity index (χ4v) is 1.96. The maximum Gasteiger partial charge on any atom is 0.292 e. The molecule has 0 aliphatic carbocycles. The molecule has 0 heterocycles. The number of ether oxygens (including phenoxy) is 1. The van der Waals surface area contributed by atoms with Crippen molar-refractivity contribution >= 4 is 11.7 Å². The first-order valence-electron chi connectivity index (χ1n) is 7.29. The average Bonchev–Trinajstić information content (AvgIpc) is 2.50. The Kier molecular flexibility index (Phi) is 7.29. The summed E-state index contributed by atoms with van der Waals surface area (Å²) in [6.45, 7) is 2.65. The van der Waals surface area contributed by atoms with Gasteiger partial charge in [0.1, 0.15) is 0 Å². The molecule has 0 fully saturated rings. The minimum atomic E-state index is -0.627. The molecule has 5 nitrogen and oxygen atoms in total. The number of rotatable bonds is 9. The summed E-state index contributed by atoms with van der Waals surface area (Å²) in [4.78, 5) is 23.7. The number of hydrogen-bond donors (Lipinski definition) is 2. The van der Waals surface area contributed by atoms with Crippen molar-refractivity contribution in [3.8, 4) is 11.5 Å². The monoisotopic (exact) mass is 293 g/mol. The number of carbonyl (C=O) groups is 2. The van der Waals surface area contributed by atoms with E-state index in [0.717, 1.165) is 19.3 Å². The molecule has 116 valence electrons. The number of hydrogen-bond acceptors (Lipinski definition) is 4. The van der Waals surface area contributed by atoms with Gasteiger partial charge in [-0.1, -0.05) is 32.6 Å². The predicted molar refractivity (Wildman–Crippen MR) is 80.8 cm³/mol. The van der Waals surface area contributed by atoms with Gasteiger partial charge < -0.3 is 15.2 Å². The molecule has 0 aliphatic rings. The Balaban J connectivity index is 2.45. The highest BCUT2D eigenvalue weighted by Gasteiger charge is 2.17. The normalized spacial score (nSPS) is 10.2. The van der Waals surface area contributed by atoms with Gasteiger partial charge in [0, 0.05) is 12.1 Å². The average molecular weight is 293 g/mol. The van der Waals surface area contributed by atoms with Gasteiger partial charge in [-0.25, -0.2) is 0 Å². The van der Waals surface area contributed by atoms with Crippen LogP contribution in [0.15, 0.2) is 18.2 Å². The first-order chi connectivity index (χ1) is 10.1. The highest BCUT2D eigenvalue weighted by molar-refractivity contribution is 6.42. The van der Waals surface area contributed by atoms with Gasteiger partial charge in [-0.2, -0.15) is 0 Å². The van der Waals surface area contributed by atoms with Crippen LogP contribution in [-0.2, 0) is 4.79 Å². The van der Waals surface area contributed by atoms with Gasteiger partial charge >= 0.3 is 0 Å². The van der Waals surface area contributed by atoms with E-state index in [1.807, 2.05) is 0 Å². The first kappa shape index (κ1) is 17.0. The lowest BCUT2D eigenvalue weighted by Crippen LogP contribution is -2.31. The number of benzene rings is 1. The first-order valence-corrected chi connectivity index (χ1v) is 7.29. The minimum absolute atomic E-state index is 0.0645. The lowest BCUT2D eigenvalue weighted by molar-refractivity contribution is -0.117.